The normalized spacial score (nSPS) is 22.7. The van der Waals surface area contributed by atoms with Crippen molar-refractivity contribution in [2.45, 2.75) is 98.1 Å². The highest BCUT2D eigenvalue weighted by Crippen LogP contribution is 2.52. The number of benzene rings is 3. The monoisotopic (exact) mass is 895 g/mol. The van der Waals surface area contributed by atoms with Gasteiger partial charge in [-0.3, -0.25) is 19.2 Å². The molecule has 3 aromatic carbocycles. The second-order valence-electron chi connectivity index (χ2n) is 20.2. The van der Waals surface area contributed by atoms with Crippen LogP contribution in [0.2, 0.25) is 0 Å². The molecule has 2 heterocycles. The van der Waals surface area contributed by atoms with Crippen LogP contribution in [0, 0.1) is 40.3 Å². The second kappa shape index (κ2) is 18.7. The number of halogens is 1. The average molecular weight is 896 g/mol. The Bertz CT molecular complexity index is 2260. The van der Waals surface area contributed by atoms with Gasteiger partial charge in [0.2, 0.25) is 23.6 Å². The number of amides is 6. The first-order valence-electron chi connectivity index (χ1n) is 22.3. The summed E-state index contributed by atoms with van der Waals surface area (Å²) in [6.45, 7) is 13.1. The first kappa shape index (κ1) is 46.8. The van der Waals surface area contributed by atoms with Gasteiger partial charge in [-0.15, -0.1) is 0 Å². The van der Waals surface area contributed by atoms with E-state index in [1.807, 2.05) is 90.1 Å². The number of methoxy groups -OCH3 is 2. The number of rotatable bonds is 14. The highest BCUT2D eigenvalue weighted by atomic mass is 19.1. The van der Waals surface area contributed by atoms with Crippen molar-refractivity contribution in [1.29, 1.82) is 0 Å². The zero-order valence-corrected chi connectivity index (χ0v) is 38.5. The predicted molar refractivity (Wildman–Crippen MR) is 243 cm³/mol. The molecule has 4 fully saturated rings. The molecule has 16 heteroatoms. The number of carbonyl (C=O) groups is 6. The number of carbonyl (C=O) groups excluding carboxylic acids is 6. The molecule has 8 atom stereocenters. The minimum atomic E-state index is -0.874. The van der Waals surface area contributed by atoms with Crippen LogP contribution in [-0.2, 0) is 41.7 Å². The second-order valence-corrected chi connectivity index (χ2v) is 20.2. The van der Waals surface area contributed by atoms with Gasteiger partial charge in [0.15, 0.2) is 0 Å². The van der Waals surface area contributed by atoms with Crippen LogP contribution in [0.5, 0.6) is 0 Å². The highest BCUT2D eigenvalue weighted by Gasteiger charge is 2.58. The zero-order chi connectivity index (χ0) is 47.0. The number of anilines is 3. The summed E-state index contributed by atoms with van der Waals surface area (Å²) in [5.74, 6) is -0.471. The molecule has 2 saturated carbocycles. The number of hydrogen-bond acceptors (Lipinski definition) is 9. The van der Waals surface area contributed by atoms with Crippen LogP contribution in [0.3, 0.4) is 0 Å². The Morgan fingerprint density at radius 3 is 1.63 bits per heavy atom. The van der Waals surface area contributed by atoms with E-state index in [0.717, 1.165) is 29.7 Å². The number of likely N-dealkylation sites (tertiary alicyclic amines) is 2. The molecule has 0 unspecified atom stereocenters. The van der Waals surface area contributed by atoms with Crippen molar-refractivity contribution < 1.29 is 42.6 Å². The molecule has 4 aliphatic rings. The number of piperidine rings is 2. The van der Waals surface area contributed by atoms with E-state index >= 15 is 0 Å². The summed E-state index contributed by atoms with van der Waals surface area (Å²) in [6, 6.07) is 18.7. The fraction of sp³-hybridized carbons (Fsp3) is 0.510. The summed E-state index contributed by atoms with van der Waals surface area (Å²) in [5.41, 5.74) is 2.68. The van der Waals surface area contributed by atoms with Gasteiger partial charge in [-0.05, 0) is 107 Å². The van der Waals surface area contributed by atoms with Gasteiger partial charge < -0.3 is 45.4 Å². The van der Waals surface area contributed by atoms with Crippen LogP contribution < -0.4 is 26.2 Å². The van der Waals surface area contributed by atoms with Crippen LogP contribution in [0.25, 0.3) is 0 Å². The van der Waals surface area contributed by atoms with E-state index in [1.54, 1.807) is 21.9 Å². The molecular weight excluding hydrogens is 834 g/mol. The maximum Gasteiger partial charge on any atom is 0.407 e. The molecule has 348 valence electrons. The maximum atomic E-state index is 14.0. The standard InChI is InChI=1S/C49H62FN7O8/c1-48(2,3)41(53-46(62)64-7)44(60)56-26-30-21-36(30)38(56)23-39(58)51-33-15-9-28(10-16-33)24-55(35-19-13-32(50)14-20-35)25-29-11-17-34(18-12-29)52-43(59)40-37-22-31(37)27-57(40)45(61)42(49(4,5)6)54-47(63)65-8/h9-20,30-31,36-38,40-42H,21-27H2,1-8H3,(H,51,58)(H,52,59)(H,53,62)(H,54,63)/t30-,31-,36-,37-,38+,40-,41+,42+/m0/s1. The Morgan fingerprint density at radius 2 is 1.12 bits per heavy atom. The molecule has 4 N–H and O–H groups in total. The third kappa shape index (κ3) is 11.0. The predicted octanol–water partition coefficient (Wildman–Crippen LogP) is 6.53. The lowest BCUT2D eigenvalue weighted by Gasteiger charge is -2.36. The summed E-state index contributed by atoms with van der Waals surface area (Å²) in [5, 5.41) is 11.4. The number of alkyl carbamates (subject to hydrolysis) is 2. The summed E-state index contributed by atoms with van der Waals surface area (Å²) in [7, 11) is 2.51. The van der Waals surface area contributed by atoms with Crippen molar-refractivity contribution >= 4 is 52.9 Å². The molecule has 65 heavy (non-hydrogen) atoms. The highest BCUT2D eigenvalue weighted by molar-refractivity contribution is 5.99. The minimum absolute atomic E-state index is 0.0583. The number of fused-ring (bicyclic) bond motifs is 2. The molecule has 15 nitrogen and oxygen atoms in total. The fourth-order valence-corrected chi connectivity index (χ4v) is 9.43. The first-order valence-corrected chi connectivity index (χ1v) is 22.3. The van der Waals surface area contributed by atoms with Crippen molar-refractivity contribution in [1.82, 2.24) is 20.4 Å². The minimum Gasteiger partial charge on any atom is -0.453 e. The molecule has 2 aliphatic carbocycles. The van der Waals surface area contributed by atoms with Crippen molar-refractivity contribution in [2.75, 3.05) is 42.8 Å². The smallest absolute Gasteiger partial charge is 0.407 e. The van der Waals surface area contributed by atoms with E-state index in [0.29, 0.717) is 43.5 Å². The molecule has 2 aliphatic heterocycles. The van der Waals surface area contributed by atoms with Gasteiger partial charge in [0.1, 0.15) is 23.9 Å². The number of nitrogens with one attached hydrogen (secondary N) is 4. The molecule has 3 aromatic rings. The van der Waals surface area contributed by atoms with E-state index in [2.05, 4.69) is 26.2 Å². The van der Waals surface area contributed by atoms with Crippen molar-refractivity contribution in [3.63, 3.8) is 0 Å². The zero-order valence-electron chi connectivity index (χ0n) is 38.5. The topological polar surface area (TPSA) is 179 Å². The van der Waals surface area contributed by atoms with Gasteiger partial charge >= 0.3 is 12.2 Å². The molecule has 0 spiro atoms. The van der Waals surface area contributed by atoms with Gasteiger partial charge in [0.05, 0.1) is 14.2 Å². The number of nitrogens with zero attached hydrogens (tertiary/aromatic N) is 3. The van der Waals surface area contributed by atoms with E-state index in [-0.39, 0.29) is 59.7 Å². The SMILES string of the molecule is COC(=O)N[C@H](C(=O)N1C[C@@H]2C[C@@H]2[C@H]1CC(=O)Nc1ccc(CN(Cc2ccc(NC(=O)[C@@H]3[C@H]4C[C@H]4CN3C(=O)[C@@H](NC(=O)OC)C(C)(C)C)cc2)c2ccc(F)cc2)cc1)C(C)(C)C. The summed E-state index contributed by atoms with van der Waals surface area (Å²) >= 11 is 0. The Hall–Kier alpha value is -6.19. The van der Waals surface area contributed by atoms with Crippen molar-refractivity contribution in [2.24, 2.45) is 34.5 Å². The Morgan fingerprint density at radius 1 is 0.662 bits per heavy atom. The third-order valence-electron chi connectivity index (χ3n) is 13.2. The molecule has 6 amide bonds. The Kier molecular flexibility index (Phi) is 13.5. The molecule has 7 rings (SSSR count). The van der Waals surface area contributed by atoms with E-state index < -0.39 is 41.1 Å². The Labute approximate surface area is 380 Å². The molecular formula is C49H62FN7O8. The molecule has 2 saturated heterocycles. The average Bonchev–Trinajstić information content (AvgIpc) is 4.15. The first-order chi connectivity index (χ1) is 30.7. The summed E-state index contributed by atoms with van der Waals surface area (Å²) < 4.78 is 23.6. The van der Waals surface area contributed by atoms with E-state index in [1.165, 1.54) is 26.4 Å². The lowest BCUT2D eigenvalue weighted by molar-refractivity contribution is -0.141. The van der Waals surface area contributed by atoms with Crippen LogP contribution in [-0.4, -0.2) is 97.1 Å². The quantitative estimate of drug-likeness (QED) is 0.140. The van der Waals surface area contributed by atoms with Gasteiger partial charge in [-0.25, -0.2) is 14.0 Å². The van der Waals surface area contributed by atoms with Crippen LogP contribution in [0.1, 0.15) is 71.9 Å². The van der Waals surface area contributed by atoms with E-state index in [9.17, 15) is 33.2 Å². The lowest BCUT2D eigenvalue weighted by atomic mass is 9.85. The van der Waals surface area contributed by atoms with Gasteiger partial charge in [-0.2, -0.15) is 0 Å². The van der Waals surface area contributed by atoms with Gasteiger partial charge in [0, 0.05) is 55.7 Å². The summed E-state index contributed by atoms with van der Waals surface area (Å²) in [6.07, 6.45) is 0.581. The molecule has 0 bridgehead atoms. The van der Waals surface area contributed by atoms with Crippen LogP contribution in [0.15, 0.2) is 72.8 Å². The number of hydrogen-bond donors (Lipinski definition) is 4. The largest absolute Gasteiger partial charge is 0.453 e. The number of ether oxygens (including phenoxy) is 2. The maximum absolute atomic E-state index is 14.0. The lowest BCUT2D eigenvalue weighted by Crippen LogP contribution is -2.58. The van der Waals surface area contributed by atoms with E-state index in [4.69, 9.17) is 9.47 Å². The summed E-state index contributed by atoms with van der Waals surface area (Å²) in [4.78, 5) is 84.6. The van der Waals surface area contributed by atoms with Crippen LogP contribution in [0.4, 0.5) is 31.0 Å². The van der Waals surface area contributed by atoms with Gasteiger partial charge in [-0.1, -0.05) is 65.8 Å². The molecule has 0 radical (unpaired) electrons. The fourth-order valence-electron chi connectivity index (χ4n) is 9.43. The van der Waals surface area contributed by atoms with Crippen LogP contribution >= 0.6 is 0 Å². The Balaban J connectivity index is 0.973. The van der Waals surface area contributed by atoms with Crippen molar-refractivity contribution in [3.8, 4) is 0 Å². The van der Waals surface area contributed by atoms with Crippen molar-refractivity contribution in [3.05, 3.63) is 89.7 Å². The van der Waals surface area contributed by atoms with Gasteiger partial charge in [0.25, 0.3) is 0 Å². The molecule has 0 aromatic heterocycles. The third-order valence-corrected chi connectivity index (χ3v) is 13.2.